The predicted molar refractivity (Wildman–Crippen MR) is 160 cm³/mol. The van der Waals surface area contributed by atoms with Gasteiger partial charge in [0.15, 0.2) is 17.5 Å². The van der Waals surface area contributed by atoms with Crippen molar-refractivity contribution < 1.29 is 23.9 Å². The van der Waals surface area contributed by atoms with Crippen molar-refractivity contribution >= 4 is 23.5 Å². The molecule has 0 amide bonds. The molecule has 3 aliphatic rings. The monoisotopic (exact) mass is 558 g/mol. The number of carbonyl (C=O) groups excluding carboxylic acids is 4. The molecule has 0 aromatic carbocycles. The first-order valence-corrected chi connectivity index (χ1v) is 17.4. The van der Waals surface area contributed by atoms with Crippen LogP contribution in [0.1, 0.15) is 173 Å². The summed E-state index contributed by atoms with van der Waals surface area (Å²) >= 11 is 0. The van der Waals surface area contributed by atoms with Crippen LogP contribution in [0.4, 0.5) is 0 Å². The molecule has 3 saturated carbocycles. The fraction of sp³-hybridized carbons (Fsp3) is 0.886. The van der Waals surface area contributed by atoms with Gasteiger partial charge in [0.2, 0.25) is 0 Å². The lowest BCUT2D eigenvalue weighted by Gasteiger charge is -2.26. The Morgan fingerprint density at radius 2 is 0.625 bits per heavy atom. The van der Waals surface area contributed by atoms with Crippen LogP contribution in [-0.4, -0.2) is 23.5 Å². The molecule has 0 aromatic heterocycles. The van der Waals surface area contributed by atoms with E-state index in [4.69, 9.17) is 4.74 Å². The van der Waals surface area contributed by atoms with Crippen molar-refractivity contribution in [2.45, 2.75) is 173 Å². The van der Waals surface area contributed by atoms with Crippen LogP contribution in [0.2, 0.25) is 0 Å². The fourth-order valence-electron chi connectivity index (χ4n) is 7.32. The highest BCUT2D eigenvalue weighted by atomic mass is 16.6. The maximum atomic E-state index is 14.1. The maximum absolute atomic E-state index is 14.1. The largest absolute Gasteiger partial charge is 0.392 e. The third-order valence-electron chi connectivity index (χ3n) is 9.96. The molecule has 40 heavy (non-hydrogen) atoms. The zero-order valence-electron chi connectivity index (χ0n) is 25.4. The van der Waals surface area contributed by atoms with Crippen molar-refractivity contribution in [3.63, 3.8) is 0 Å². The van der Waals surface area contributed by atoms with Crippen LogP contribution in [0.3, 0.4) is 0 Å². The molecule has 5 nitrogen and oxygen atoms in total. The molecule has 0 spiro atoms. The van der Waals surface area contributed by atoms with Gasteiger partial charge < -0.3 is 4.74 Å². The third-order valence-corrected chi connectivity index (χ3v) is 9.96. The Morgan fingerprint density at radius 3 is 0.925 bits per heavy atom. The summed E-state index contributed by atoms with van der Waals surface area (Å²) < 4.78 is 5.53. The number of ether oxygens (including phenoxy) is 1. The summed E-state index contributed by atoms with van der Waals surface area (Å²) in [4.78, 5) is 55.1. The van der Waals surface area contributed by atoms with Crippen molar-refractivity contribution in [1.29, 1.82) is 0 Å². The Labute approximate surface area is 244 Å². The maximum Gasteiger partial charge on any atom is 0.331 e. The highest BCUT2D eigenvalue weighted by Gasteiger charge is 2.42. The van der Waals surface area contributed by atoms with Gasteiger partial charge in [-0.1, -0.05) is 135 Å². The number of carbonyl (C=O) groups is 4. The lowest BCUT2D eigenvalue weighted by Crippen LogP contribution is -2.42. The minimum Gasteiger partial charge on any atom is -0.392 e. The Morgan fingerprint density at radius 1 is 0.375 bits per heavy atom. The van der Waals surface area contributed by atoms with Gasteiger partial charge >= 0.3 is 11.9 Å². The molecule has 0 bridgehead atoms. The Kier molecular flexibility index (Phi) is 16.1. The molecule has 0 atom stereocenters. The van der Waals surface area contributed by atoms with Gasteiger partial charge in [0.05, 0.1) is 5.92 Å². The Hall–Kier alpha value is -1.52. The highest BCUT2D eigenvalue weighted by Crippen LogP contribution is 2.31. The van der Waals surface area contributed by atoms with Gasteiger partial charge in [0, 0.05) is 11.8 Å². The van der Waals surface area contributed by atoms with Crippen LogP contribution in [0.5, 0.6) is 0 Å². The minimum atomic E-state index is -1.43. The summed E-state index contributed by atoms with van der Waals surface area (Å²) in [6.45, 7) is 0. The van der Waals surface area contributed by atoms with E-state index in [-0.39, 0.29) is 29.3 Å². The van der Waals surface area contributed by atoms with E-state index in [9.17, 15) is 19.2 Å². The van der Waals surface area contributed by atoms with Crippen LogP contribution < -0.4 is 0 Å². The van der Waals surface area contributed by atoms with E-state index in [1.165, 1.54) is 57.8 Å². The van der Waals surface area contributed by atoms with Gasteiger partial charge in [0.1, 0.15) is 0 Å². The van der Waals surface area contributed by atoms with Gasteiger partial charge in [-0.3, -0.25) is 19.2 Å². The summed E-state index contributed by atoms with van der Waals surface area (Å²) in [6, 6.07) is 0. The van der Waals surface area contributed by atoms with Gasteiger partial charge in [0.25, 0.3) is 0 Å². The molecule has 3 rings (SSSR count). The molecular formula is C35H58O5. The van der Waals surface area contributed by atoms with Crippen molar-refractivity contribution in [1.82, 2.24) is 0 Å². The number of rotatable bonds is 6. The van der Waals surface area contributed by atoms with E-state index in [0.717, 1.165) is 116 Å². The third kappa shape index (κ3) is 11.8. The summed E-state index contributed by atoms with van der Waals surface area (Å²) in [5.74, 6) is -4.21. The van der Waals surface area contributed by atoms with Gasteiger partial charge in [-0.05, 0) is 38.5 Å². The number of hydrogen-bond acceptors (Lipinski definition) is 5. The predicted octanol–water partition coefficient (Wildman–Crippen LogP) is 9.23. The van der Waals surface area contributed by atoms with Crippen LogP contribution in [-0.2, 0) is 23.9 Å². The van der Waals surface area contributed by atoms with Crippen molar-refractivity contribution in [2.75, 3.05) is 0 Å². The van der Waals surface area contributed by atoms with Crippen molar-refractivity contribution in [2.24, 2.45) is 23.7 Å². The smallest absolute Gasteiger partial charge is 0.331 e. The van der Waals surface area contributed by atoms with E-state index in [2.05, 4.69) is 0 Å². The standard InChI is InChI=1S/C35H58O5/c36-32(28-22-16-10-4-1-5-11-17-23-28)31(33(37)29-24-18-12-6-2-7-13-19-25-29)35(39)40-34(38)30-26-20-14-8-3-9-15-21-27-30/h28-31H,1-27H2. The number of ketones is 2. The molecule has 3 aliphatic carbocycles. The first-order valence-electron chi connectivity index (χ1n) is 17.4. The molecule has 5 heteroatoms. The normalized spacial score (nSPS) is 23.1. The first-order chi connectivity index (χ1) is 19.6. The second-order valence-electron chi connectivity index (χ2n) is 13.2. The molecule has 0 saturated heterocycles. The van der Waals surface area contributed by atoms with Gasteiger partial charge in [-0.25, -0.2) is 0 Å². The van der Waals surface area contributed by atoms with E-state index in [0.29, 0.717) is 0 Å². The quantitative estimate of drug-likeness (QED) is 0.240. The molecule has 0 unspecified atom stereocenters. The summed E-state index contributed by atoms with van der Waals surface area (Å²) in [7, 11) is 0. The molecule has 0 N–H and O–H groups in total. The number of hydrogen-bond donors (Lipinski definition) is 0. The molecule has 0 aliphatic heterocycles. The van der Waals surface area contributed by atoms with E-state index in [1.807, 2.05) is 0 Å². The molecule has 0 aromatic rings. The lowest BCUT2D eigenvalue weighted by atomic mass is 9.77. The molecule has 228 valence electrons. The van der Waals surface area contributed by atoms with Crippen LogP contribution in [0.15, 0.2) is 0 Å². The zero-order valence-corrected chi connectivity index (χ0v) is 25.4. The summed E-state index contributed by atoms with van der Waals surface area (Å²) in [5.41, 5.74) is 0. The van der Waals surface area contributed by atoms with E-state index in [1.54, 1.807) is 0 Å². The van der Waals surface area contributed by atoms with Gasteiger partial charge in [-0.15, -0.1) is 0 Å². The van der Waals surface area contributed by atoms with Crippen LogP contribution in [0.25, 0.3) is 0 Å². The average Bonchev–Trinajstić information content (AvgIpc) is 2.97. The fourth-order valence-corrected chi connectivity index (χ4v) is 7.32. The topological polar surface area (TPSA) is 77.5 Å². The molecule has 0 heterocycles. The zero-order chi connectivity index (χ0) is 28.4. The van der Waals surface area contributed by atoms with E-state index >= 15 is 0 Å². The SMILES string of the molecule is O=C(OC(=O)C(C(=O)C1CCCCCCCCC1)C(=O)C1CCCCCCCCC1)C1CCCCCCCCC1. The summed E-state index contributed by atoms with van der Waals surface area (Å²) in [6.07, 6.45) is 27.5. The van der Waals surface area contributed by atoms with Crippen LogP contribution >= 0.6 is 0 Å². The molecular weight excluding hydrogens is 500 g/mol. The highest BCUT2D eigenvalue weighted by molar-refractivity contribution is 6.19. The minimum absolute atomic E-state index is 0.258. The number of esters is 2. The first kappa shape index (κ1) is 33.0. The average molecular weight is 559 g/mol. The molecule has 3 fully saturated rings. The summed E-state index contributed by atoms with van der Waals surface area (Å²) in [5, 5.41) is 0. The number of Topliss-reactive ketones (excluding diaryl/α,β-unsaturated/α-hetero) is 2. The lowest BCUT2D eigenvalue weighted by molar-refractivity contribution is -0.168. The second-order valence-corrected chi connectivity index (χ2v) is 13.2. The van der Waals surface area contributed by atoms with Crippen molar-refractivity contribution in [3.8, 4) is 0 Å². The van der Waals surface area contributed by atoms with Gasteiger partial charge in [-0.2, -0.15) is 0 Å². The van der Waals surface area contributed by atoms with Crippen molar-refractivity contribution in [3.05, 3.63) is 0 Å². The Balaban J connectivity index is 1.76. The second kappa shape index (κ2) is 19.6. The molecule has 0 radical (unpaired) electrons. The van der Waals surface area contributed by atoms with E-state index < -0.39 is 17.9 Å². The Bertz CT molecular complexity index is 706. The van der Waals surface area contributed by atoms with Crippen LogP contribution in [0, 0.1) is 23.7 Å².